The molecule has 5 rings (SSSR count). The van der Waals surface area contributed by atoms with E-state index in [1.165, 1.54) is 6.07 Å². The van der Waals surface area contributed by atoms with Crippen LogP contribution in [0.2, 0.25) is 0 Å². The van der Waals surface area contributed by atoms with Crippen molar-refractivity contribution in [1.82, 2.24) is 25.0 Å². The van der Waals surface area contributed by atoms with Gasteiger partial charge in [0.05, 0.1) is 60.3 Å². The number of benzene rings is 1. The van der Waals surface area contributed by atoms with Gasteiger partial charge in [-0.15, -0.1) is 0 Å². The van der Waals surface area contributed by atoms with Crippen LogP contribution >= 0.6 is 0 Å². The lowest BCUT2D eigenvalue weighted by Gasteiger charge is -2.27. The minimum atomic E-state index is -0.556. The van der Waals surface area contributed by atoms with Crippen LogP contribution < -0.4 is 10.6 Å². The molecule has 3 aromatic rings. The number of nitrogens with one attached hydrogen (secondary N) is 3. The third kappa shape index (κ3) is 4.80. The van der Waals surface area contributed by atoms with Gasteiger partial charge < -0.3 is 25.2 Å². The summed E-state index contributed by atoms with van der Waals surface area (Å²) in [4.78, 5) is 32.9. The Morgan fingerprint density at radius 1 is 1.14 bits per heavy atom. The lowest BCUT2D eigenvalue weighted by Crippen LogP contribution is -2.41. The number of morpholine rings is 1. The van der Waals surface area contributed by atoms with E-state index in [1.807, 2.05) is 12.1 Å². The third-order valence-electron chi connectivity index (χ3n) is 6.23. The molecule has 1 saturated heterocycles. The van der Waals surface area contributed by atoms with Gasteiger partial charge in [-0.25, -0.2) is 9.37 Å². The summed E-state index contributed by atoms with van der Waals surface area (Å²) in [6, 6.07) is 7.04. The zero-order valence-corrected chi connectivity index (χ0v) is 19.3. The van der Waals surface area contributed by atoms with Crippen LogP contribution in [0.4, 0.5) is 27.3 Å². The van der Waals surface area contributed by atoms with Gasteiger partial charge in [-0.1, -0.05) is 12.1 Å². The minimum absolute atomic E-state index is 0.0292. The first-order valence-electron chi connectivity index (χ1n) is 11.4. The van der Waals surface area contributed by atoms with Crippen LogP contribution in [0.1, 0.15) is 21.6 Å². The van der Waals surface area contributed by atoms with Crippen molar-refractivity contribution < 1.29 is 18.7 Å². The number of pyridine rings is 1. The number of fused-ring (bicyclic) bond motifs is 1. The summed E-state index contributed by atoms with van der Waals surface area (Å²) >= 11 is 0. The number of carbonyl (C=O) groups excluding carboxylic acids is 2. The Kier molecular flexibility index (Phi) is 6.32. The fraction of sp³-hybridized carbons (Fsp3) is 0.333. The maximum absolute atomic E-state index is 14.7. The number of hydrogen-bond acceptors (Lipinski definition) is 7. The third-order valence-corrected chi connectivity index (χ3v) is 6.23. The SMILES string of the molecule is CN1CCc2cccc(Nc3cc(Nc4cn[nH]c4CC(=O)N4CCOCC4)ncc3F)c2C1=O. The van der Waals surface area contributed by atoms with E-state index in [9.17, 15) is 14.0 Å². The fourth-order valence-electron chi connectivity index (χ4n) is 4.26. The molecule has 0 aliphatic carbocycles. The van der Waals surface area contributed by atoms with E-state index >= 15 is 0 Å². The Hall–Kier alpha value is -3.99. The number of H-pyrrole nitrogens is 1. The number of aromatic amines is 1. The lowest BCUT2D eigenvalue weighted by atomic mass is 9.97. The molecule has 1 fully saturated rings. The van der Waals surface area contributed by atoms with E-state index in [-0.39, 0.29) is 23.9 Å². The van der Waals surface area contributed by atoms with Gasteiger partial charge in [0.1, 0.15) is 5.82 Å². The van der Waals surface area contributed by atoms with E-state index in [1.54, 1.807) is 29.1 Å². The molecule has 3 N–H and O–H groups in total. The molecule has 35 heavy (non-hydrogen) atoms. The Morgan fingerprint density at radius 2 is 1.97 bits per heavy atom. The van der Waals surface area contributed by atoms with Crippen molar-refractivity contribution in [1.29, 1.82) is 0 Å². The normalized spacial score (nSPS) is 15.7. The Morgan fingerprint density at radius 3 is 2.80 bits per heavy atom. The van der Waals surface area contributed by atoms with Crippen LogP contribution in [0.3, 0.4) is 0 Å². The second-order valence-corrected chi connectivity index (χ2v) is 8.55. The molecule has 2 aliphatic heterocycles. The molecule has 0 saturated carbocycles. The molecule has 2 aliphatic rings. The average Bonchev–Trinajstić information content (AvgIpc) is 3.30. The summed E-state index contributed by atoms with van der Waals surface area (Å²) < 4.78 is 20.0. The van der Waals surface area contributed by atoms with Crippen LogP contribution in [0.25, 0.3) is 0 Å². The monoisotopic (exact) mass is 479 g/mol. The molecule has 2 aromatic heterocycles. The molecule has 11 heteroatoms. The zero-order valence-electron chi connectivity index (χ0n) is 19.3. The van der Waals surface area contributed by atoms with Crippen molar-refractivity contribution in [3.8, 4) is 0 Å². The number of ether oxygens (including phenoxy) is 1. The summed E-state index contributed by atoms with van der Waals surface area (Å²) in [5.74, 6) is -0.322. The predicted molar refractivity (Wildman–Crippen MR) is 128 cm³/mol. The first kappa shape index (κ1) is 22.8. The van der Waals surface area contributed by atoms with Gasteiger partial charge in [-0.05, 0) is 18.1 Å². The van der Waals surface area contributed by atoms with Crippen LogP contribution in [-0.4, -0.2) is 76.7 Å². The van der Waals surface area contributed by atoms with Gasteiger partial charge in [-0.2, -0.15) is 5.10 Å². The molecule has 2 amide bonds. The Balaban J connectivity index is 1.34. The number of anilines is 4. The van der Waals surface area contributed by atoms with Crippen molar-refractivity contribution in [2.75, 3.05) is 50.5 Å². The summed E-state index contributed by atoms with van der Waals surface area (Å²) in [6.45, 7) is 2.83. The Bertz CT molecular complexity index is 1260. The van der Waals surface area contributed by atoms with Crippen molar-refractivity contribution >= 4 is 34.7 Å². The van der Waals surface area contributed by atoms with E-state index in [0.717, 1.165) is 18.2 Å². The molecule has 10 nitrogen and oxygen atoms in total. The smallest absolute Gasteiger partial charge is 0.255 e. The highest BCUT2D eigenvalue weighted by atomic mass is 19.1. The van der Waals surface area contributed by atoms with Crippen molar-refractivity contribution in [2.24, 2.45) is 0 Å². The number of aromatic nitrogens is 3. The quantitative estimate of drug-likeness (QED) is 0.497. The highest BCUT2D eigenvalue weighted by molar-refractivity contribution is 6.02. The van der Waals surface area contributed by atoms with E-state index in [0.29, 0.717) is 61.3 Å². The van der Waals surface area contributed by atoms with Gasteiger partial charge >= 0.3 is 0 Å². The second kappa shape index (κ2) is 9.71. The molecule has 0 unspecified atom stereocenters. The average molecular weight is 480 g/mol. The van der Waals surface area contributed by atoms with Gasteiger partial charge in [0.25, 0.3) is 5.91 Å². The summed E-state index contributed by atoms with van der Waals surface area (Å²) in [6.07, 6.45) is 3.54. The zero-order chi connectivity index (χ0) is 24.4. The van der Waals surface area contributed by atoms with Crippen molar-refractivity contribution in [3.05, 3.63) is 59.3 Å². The maximum Gasteiger partial charge on any atom is 0.255 e. The largest absolute Gasteiger partial charge is 0.378 e. The summed E-state index contributed by atoms with van der Waals surface area (Å²) in [7, 11) is 1.75. The predicted octanol–water partition coefficient (Wildman–Crippen LogP) is 2.46. The molecule has 0 spiro atoms. The second-order valence-electron chi connectivity index (χ2n) is 8.55. The van der Waals surface area contributed by atoms with Gasteiger partial charge in [-0.3, -0.25) is 14.7 Å². The molecule has 0 bridgehead atoms. The van der Waals surface area contributed by atoms with Crippen LogP contribution in [0.15, 0.2) is 36.7 Å². The fourth-order valence-corrected chi connectivity index (χ4v) is 4.26. The van der Waals surface area contributed by atoms with Gasteiger partial charge in [0.15, 0.2) is 5.82 Å². The van der Waals surface area contributed by atoms with E-state index in [2.05, 4.69) is 25.8 Å². The topological polar surface area (TPSA) is 115 Å². The van der Waals surface area contributed by atoms with E-state index < -0.39 is 5.82 Å². The van der Waals surface area contributed by atoms with Crippen LogP contribution in [-0.2, 0) is 22.4 Å². The number of carbonyl (C=O) groups is 2. The number of amides is 2. The maximum atomic E-state index is 14.7. The van der Waals surface area contributed by atoms with Gasteiger partial charge in [0, 0.05) is 32.7 Å². The lowest BCUT2D eigenvalue weighted by molar-refractivity contribution is -0.134. The van der Waals surface area contributed by atoms with Crippen LogP contribution in [0, 0.1) is 5.82 Å². The number of rotatable bonds is 6. The van der Waals surface area contributed by atoms with E-state index in [4.69, 9.17) is 4.74 Å². The van der Waals surface area contributed by atoms with Gasteiger partial charge in [0.2, 0.25) is 5.91 Å². The highest BCUT2D eigenvalue weighted by Gasteiger charge is 2.25. The van der Waals surface area contributed by atoms with Crippen LogP contribution in [0.5, 0.6) is 0 Å². The molecule has 182 valence electrons. The van der Waals surface area contributed by atoms with Crippen molar-refractivity contribution in [2.45, 2.75) is 12.8 Å². The first-order valence-corrected chi connectivity index (χ1v) is 11.4. The minimum Gasteiger partial charge on any atom is -0.378 e. The highest BCUT2D eigenvalue weighted by Crippen LogP contribution is 2.30. The van der Waals surface area contributed by atoms with Crippen molar-refractivity contribution in [3.63, 3.8) is 0 Å². The summed E-state index contributed by atoms with van der Waals surface area (Å²) in [5.41, 5.74) is 3.37. The number of hydrogen-bond donors (Lipinski definition) is 3. The summed E-state index contributed by atoms with van der Waals surface area (Å²) in [5, 5.41) is 13.1. The Labute approximate surface area is 201 Å². The molecule has 1 aromatic carbocycles. The first-order chi connectivity index (χ1) is 17.0. The molecule has 0 atom stereocenters. The molecular weight excluding hydrogens is 453 g/mol. The number of nitrogens with zero attached hydrogens (tertiary/aromatic N) is 4. The number of likely N-dealkylation sites (N-methyl/N-ethyl adjacent to an activating group) is 1. The molecule has 4 heterocycles. The molecular formula is C24H26FN7O3. The standard InChI is InChI=1S/C24H26FN7O3/c1-31-6-5-15-3-2-4-17(23(15)24(31)34)28-18-11-21(26-13-16(18)25)29-20-14-27-30-19(20)12-22(33)32-7-9-35-10-8-32/h2-4,11,13-14H,5-10,12H2,1H3,(H,27,30)(H2,26,28,29). The molecule has 0 radical (unpaired) electrons. The number of halogens is 1.